The van der Waals surface area contributed by atoms with Crippen LogP contribution in [0, 0.1) is 18.8 Å². The minimum absolute atomic E-state index is 0.0207. The molecule has 2 saturated heterocycles. The predicted octanol–water partition coefficient (Wildman–Crippen LogP) is -0.852. The van der Waals surface area contributed by atoms with Gasteiger partial charge in [-0.15, -0.1) is 0 Å². The molecule has 0 aromatic heterocycles. The van der Waals surface area contributed by atoms with E-state index in [-0.39, 0.29) is 32.1 Å². The number of hydrogen-bond acceptors (Lipinski definition) is 7. The molecule has 180 valence electrons. The molecule has 3 amide bonds. The number of benzene rings is 2. The molecular weight excluding hydrogens is 454 g/mol. The van der Waals surface area contributed by atoms with Crippen molar-refractivity contribution < 1.29 is 39.1 Å². The number of ether oxygens (including phenoxy) is 2. The van der Waals surface area contributed by atoms with Gasteiger partial charge in [0.1, 0.15) is 17.9 Å². The lowest BCUT2D eigenvalue weighted by atomic mass is 9.76. The lowest BCUT2D eigenvalue weighted by Gasteiger charge is -2.26. The number of fused-ring (bicyclic) bond motifs is 5. The SMILES string of the molecule is Cc1ccc2c(c1)[C@@]1([NH2+][C@@H](CCC(=O)[O-])[C@H]3C(=O)N(Cc4ccc5c(c4)OCO5)C(=O)[C@H]31)C(=O)N2. The molecule has 0 bridgehead atoms. The fourth-order valence-electron chi connectivity index (χ4n) is 6.06. The molecular formula is C25H23N3O7. The predicted molar refractivity (Wildman–Crippen MR) is 117 cm³/mol. The average molecular weight is 477 g/mol. The minimum atomic E-state index is -1.33. The van der Waals surface area contributed by atoms with Crippen LogP contribution in [0.1, 0.15) is 29.5 Å². The van der Waals surface area contributed by atoms with Crippen LogP contribution >= 0.6 is 0 Å². The van der Waals surface area contributed by atoms with Crippen molar-refractivity contribution in [3.05, 3.63) is 53.1 Å². The molecule has 0 unspecified atom stereocenters. The summed E-state index contributed by atoms with van der Waals surface area (Å²) >= 11 is 0. The first kappa shape index (κ1) is 21.6. The van der Waals surface area contributed by atoms with E-state index in [9.17, 15) is 24.3 Å². The molecule has 4 aliphatic rings. The Kier molecular flexibility index (Phi) is 4.65. The number of imide groups is 1. The zero-order valence-corrected chi connectivity index (χ0v) is 18.9. The van der Waals surface area contributed by atoms with E-state index < -0.39 is 41.2 Å². The van der Waals surface area contributed by atoms with Gasteiger partial charge in [-0.05, 0) is 43.2 Å². The number of carboxylic acids is 1. The van der Waals surface area contributed by atoms with Crippen molar-refractivity contribution in [1.29, 1.82) is 0 Å². The molecule has 6 rings (SSSR count). The molecule has 4 aliphatic heterocycles. The minimum Gasteiger partial charge on any atom is -0.550 e. The number of aryl methyl sites for hydroxylation is 1. The first-order chi connectivity index (χ1) is 16.8. The zero-order valence-electron chi connectivity index (χ0n) is 18.9. The van der Waals surface area contributed by atoms with Gasteiger partial charge < -0.3 is 30.0 Å². The quantitative estimate of drug-likeness (QED) is 0.534. The fraction of sp³-hybridized carbons (Fsp3) is 0.360. The molecule has 10 nitrogen and oxygen atoms in total. The summed E-state index contributed by atoms with van der Waals surface area (Å²) in [7, 11) is 0. The van der Waals surface area contributed by atoms with E-state index in [4.69, 9.17) is 9.47 Å². The average Bonchev–Trinajstić information content (AvgIpc) is 3.55. The Labute approximate surface area is 200 Å². The first-order valence-corrected chi connectivity index (χ1v) is 11.5. The standard InChI is InChI=1S/C25H23N3O7/c1-12-2-4-15-14(8-12)25(24(33)26-15)21-20(16(27-25)5-7-19(29)30)22(31)28(23(21)32)10-13-3-6-17-18(9-13)35-11-34-17/h2-4,6,8-9,16,20-21,27H,5,7,10-11H2,1H3,(H,26,33)(H,29,30)/t16-,20+,21-,25-/m0/s1. The van der Waals surface area contributed by atoms with E-state index in [0.717, 1.165) is 5.56 Å². The third kappa shape index (κ3) is 3.06. The van der Waals surface area contributed by atoms with E-state index in [1.807, 2.05) is 19.1 Å². The van der Waals surface area contributed by atoms with Crippen LogP contribution < -0.4 is 25.2 Å². The highest BCUT2D eigenvalue weighted by molar-refractivity contribution is 6.13. The highest BCUT2D eigenvalue weighted by Crippen LogP contribution is 2.50. The molecule has 3 N–H and O–H groups in total. The van der Waals surface area contributed by atoms with Gasteiger partial charge in [0, 0.05) is 18.0 Å². The Morgan fingerprint density at radius 3 is 2.74 bits per heavy atom. The summed E-state index contributed by atoms with van der Waals surface area (Å²) in [6.45, 7) is 2.02. The van der Waals surface area contributed by atoms with Crippen molar-refractivity contribution in [2.75, 3.05) is 12.1 Å². The summed E-state index contributed by atoms with van der Waals surface area (Å²) in [6.07, 6.45) is -0.164. The van der Waals surface area contributed by atoms with Gasteiger partial charge in [0.05, 0.1) is 12.2 Å². The van der Waals surface area contributed by atoms with Crippen molar-refractivity contribution in [2.24, 2.45) is 11.8 Å². The molecule has 0 radical (unpaired) electrons. The Bertz CT molecular complexity index is 1310. The maximum atomic E-state index is 13.8. The third-order valence-corrected chi connectivity index (χ3v) is 7.58. The van der Waals surface area contributed by atoms with Gasteiger partial charge in [-0.2, -0.15) is 0 Å². The topological polar surface area (TPSA) is 142 Å². The maximum Gasteiger partial charge on any atom is 0.291 e. The molecule has 4 heterocycles. The molecule has 2 aromatic carbocycles. The van der Waals surface area contributed by atoms with Crippen molar-refractivity contribution in [3.8, 4) is 11.5 Å². The number of likely N-dealkylation sites (tertiary alicyclic amines) is 1. The smallest absolute Gasteiger partial charge is 0.291 e. The lowest BCUT2D eigenvalue weighted by molar-refractivity contribution is -0.734. The molecule has 4 atom stereocenters. The Morgan fingerprint density at radius 1 is 1.14 bits per heavy atom. The van der Waals surface area contributed by atoms with Crippen molar-refractivity contribution in [3.63, 3.8) is 0 Å². The van der Waals surface area contributed by atoms with Gasteiger partial charge in [-0.3, -0.25) is 19.3 Å². The van der Waals surface area contributed by atoms with Gasteiger partial charge in [0.15, 0.2) is 11.5 Å². The summed E-state index contributed by atoms with van der Waals surface area (Å²) < 4.78 is 10.7. The summed E-state index contributed by atoms with van der Waals surface area (Å²) in [6, 6.07) is 10.2. The normalized spacial score (nSPS) is 28.0. The maximum absolute atomic E-state index is 13.8. The fourth-order valence-corrected chi connectivity index (χ4v) is 6.06. The number of nitrogens with one attached hydrogen (secondary N) is 1. The first-order valence-electron chi connectivity index (χ1n) is 11.5. The number of quaternary nitrogens is 1. The highest BCUT2D eigenvalue weighted by Gasteiger charge is 2.74. The van der Waals surface area contributed by atoms with Crippen LogP contribution in [0.25, 0.3) is 0 Å². The van der Waals surface area contributed by atoms with Gasteiger partial charge in [0.2, 0.25) is 24.1 Å². The number of rotatable bonds is 5. The number of carboxylic acid groups (broad SMARTS) is 1. The Balaban J connectivity index is 1.40. The monoisotopic (exact) mass is 477 g/mol. The van der Waals surface area contributed by atoms with Crippen LogP contribution in [-0.4, -0.2) is 41.4 Å². The van der Waals surface area contributed by atoms with E-state index in [2.05, 4.69) is 5.32 Å². The number of nitrogens with two attached hydrogens (primary N) is 1. The van der Waals surface area contributed by atoms with Gasteiger partial charge in [-0.25, -0.2) is 0 Å². The number of anilines is 1. The highest BCUT2D eigenvalue weighted by atomic mass is 16.7. The second-order valence-corrected chi connectivity index (χ2v) is 9.57. The number of carbonyl (C=O) groups excluding carboxylic acids is 4. The number of hydrogen-bond donors (Lipinski definition) is 2. The second kappa shape index (κ2) is 7.54. The molecule has 2 aromatic rings. The van der Waals surface area contributed by atoms with Crippen LogP contribution in [-0.2, 0) is 31.3 Å². The van der Waals surface area contributed by atoms with Crippen LogP contribution in [0.5, 0.6) is 11.5 Å². The Hall–Kier alpha value is -3.92. The molecule has 2 fully saturated rings. The number of aliphatic carboxylic acids is 1. The summed E-state index contributed by atoms with van der Waals surface area (Å²) in [5.41, 5.74) is 1.52. The van der Waals surface area contributed by atoms with Crippen LogP contribution in [0.4, 0.5) is 5.69 Å². The van der Waals surface area contributed by atoms with Gasteiger partial charge in [-0.1, -0.05) is 17.7 Å². The van der Waals surface area contributed by atoms with E-state index in [1.165, 1.54) is 4.90 Å². The summed E-state index contributed by atoms with van der Waals surface area (Å²) in [5, 5.41) is 15.8. The number of nitrogens with zero attached hydrogens (tertiary/aromatic N) is 1. The van der Waals surface area contributed by atoms with Gasteiger partial charge >= 0.3 is 0 Å². The van der Waals surface area contributed by atoms with Crippen LogP contribution in [0.15, 0.2) is 36.4 Å². The van der Waals surface area contributed by atoms with E-state index >= 15 is 0 Å². The van der Waals surface area contributed by atoms with Crippen molar-refractivity contribution in [2.45, 2.75) is 37.9 Å². The largest absolute Gasteiger partial charge is 0.550 e. The van der Waals surface area contributed by atoms with Gasteiger partial charge in [0.25, 0.3) is 5.91 Å². The summed E-state index contributed by atoms with van der Waals surface area (Å²) in [4.78, 5) is 53.4. The van der Waals surface area contributed by atoms with Crippen molar-refractivity contribution in [1.82, 2.24) is 4.90 Å². The number of carbonyl (C=O) groups is 4. The van der Waals surface area contributed by atoms with E-state index in [0.29, 0.717) is 28.3 Å². The molecule has 10 heteroatoms. The summed E-state index contributed by atoms with van der Waals surface area (Å²) in [5.74, 6) is -3.08. The van der Waals surface area contributed by atoms with Crippen molar-refractivity contribution >= 4 is 29.4 Å². The zero-order chi connectivity index (χ0) is 24.5. The second-order valence-electron chi connectivity index (χ2n) is 9.57. The Morgan fingerprint density at radius 2 is 1.94 bits per heavy atom. The molecule has 0 aliphatic carbocycles. The number of amides is 3. The van der Waals surface area contributed by atoms with E-state index in [1.54, 1.807) is 29.6 Å². The molecule has 0 saturated carbocycles. The third-order valence-electron chi connectivity index (χ3n) is 7.58. The van der Waals surface area contributed by atoms with Crippen LogP contribution in [0.3, 0.4) is 0 Å². The van der Waals surface area contributed by atoms with Crippen LogP contribution in [0.2, 0.25) is 0 Å². The molecule has 35 heavy (non-hydrogen) atoms. The lowest BCUT2D eigenvalue weighted by Crippen LogP contribution is -2.99. The molecule has 1 spiro atoms.